The second-order valence-corrected chi connectivity index (χ2v) is 27.3. The molecule has 0 N–H and O–H groups in total. The van der Waals surface area contributed by atoms with Gasteiger partial charge in [0, 0.05) is 72.2 Å². The van der Waals surface area contributed by atoms with E-state index in [-0.39, 0.29) is 0 Å². The Morgan fingerprint density at radius 1 is 0.342 bits per heavy atom. The van der Waals surface area contributed by atoms with Gasteiger partial charge in [-0.3, -0.25) is 0 Å². The van der Waals surface area contributed by atoms with Crippen molar-refractivity contribution < 1.29 is 4.42 Å². The minimum atomic E-state index is -1.70. The first-order valence-corrected chi connectivity index (χ1v) is 30.9. The quantitative estimate of drug-likeness (QED) is 0.128. The Morgan fingerprint density at radius 2 is 0.848 bits per heavy atom. The highest BCUT2D eigenvalue weighted by Crippen LogP contribution is 2.50. The lowest BCUT2D eigenvalue weighted by atomic mass is 9.98. The molecule has 0 saturated carbocycles. The molecule has 0 amide bonds. The lowest BCUT2D eigenvalue weighted by Gasteiger charge is -2.29. The minimum absolute atomic E-state index is 0.852. The van der Waals surface area contributed by atoms with E-state index in [1.807, 2.05) is 0 Å². The first-order chi connectivity index (χ1) is 38.7. The Bertz CT molecular complexity index is 4840. The van der Waals surface area contributed by atoms with Crippen LogP contribution in [0.1, 0.15) is 5.56 Å². The zero-order valence-electron chi connectivity index (χ0n) is 44.6. The predicted molar refractivity (Wildman–Crippen MR) is 339 cm³/mol. The Hall–Kier alpha value is -9.68. The van der Waals surface area contributed by atoms with Crippen molar-refractivity contribution in [1.29, 1.82) is 0 Å². The number of hydrogen-bond acceptors (Lipinski definition) is 3. The smallest absolute Gasteiger partial charge is 0.143 e. The Kier molecular flexibility index (Phi) is 10.8. The van der Waals surface area contributed by atoms with Crippen LogP contribution in [-0.4, -0.2) is 12.5 Å². The van der Waals surface area contributed by atoms with E-state index in [0.717, 1.165) is 61.4 Å². The maximum absolute atomic E-state index is 7.15. The van der Waals surface area contributed by atoms with E-state index in [9.17, 15) is 0 Å². The van der Waals surface area contributed by atoms with Crippen LogP contribution in [0.15, 0.2) is 265 Å². The zero-order valence-corrected chi connectivity index (χ0v) is 45.6. The van der Waals surface area contributed by atoms with Crippen LogP contribution in [0.4, 0.5) is 34.1 Å². The molecule has 0 aliphatic heterocycles. The van der Waals surface area contributed by atoms with E-state index in [0.29, 0.717) is 0 Å². The molecule has 0 atom stereocenters. The molecule has 15 rings (SSSR count). The third kappa shape index (κ3) is 7.72. The molecule has 0 radical (unpaired) electrons. The van der Waals surface area contributed by atoms with E-state index in [1.165, 1.54) is 87.6 Å². The second-order valence-electron chi connectivity index (χ2n) is 22.2. The minimum Gasteiger partial charge on any atom is -0.455 e. The Balaban J connectivity index is 0.953. The number of anilines is 6. The zero-order chi connectivity index (χ0) is 52.9. The van der Waals surface area contributed by atoms with E-state index >= 15 is 0 Å². The van der Waals surface area contributed by atoms with Crippen LogP contribution in [0, 0.1) is 6.92 Å². The Morgan fingerprint density at radius 3 is 1.51 bits per heavy atom. The number of rotatable bonds is 10. The van der Waals surface area contributed by atoms with Crippen LogP contribution in [0.3, 0.4) is 0 Å². The summed E-state index contributed by atoms with van der Waals surface area (Å²) in [6.07, 6.45) is 0. The number of furan rings is 1. The molecule has 79 heavy (non-hydrogen) atoms. The van der Waals surface area contributed by atoms with Crippen molar-refractivity contribution in [1.82, 2.24) is 4.40 Å². The summed E-state index contributed by atoms with van der Waals surface area (Å²) in [7, 11) is -1.70. The summed E-state index contributed by atoms with van der Waals surface area (Å²) in [4.78, 5) is 4.86. The first kappa shape index (κ1) is 46.6. The van der Waals surface area contributed by atoms with Crippen LogP contribution in [-0.2, 0) is 0 Å². The van der Waals surface area contributed by atoms with Crippen molar-refractivity contribution in [3.63, 3.8) is 0 Å². The summed E-state index contributed by atoms with van der Waals surface area (Å²) in [6.45, 7) is 9.46. The van der Waals surface area contributed by atoms with Gasteiger partial charge >= 0.3 is 0 Å². The standard InChI is InChI=1S/C74H55N3OSi/c1-48-18-14-27-55(42-48)75(56-28-15-25-52(43-56)49-19-8-5-9-20-49)59-33-34-61-63-36-35-62-64(74(63)78-70(61)47-59)37-40-68-71(62)65-38-41-69(72-66-45-54(51-23-12-7-13-24-51)32-39-67(66)77(68)73(65)72)76(58-30-17-31-60(46-58)79(2,3)4)57-29-16-26-53(44-57)50-21-10-6-11-22-50/h5-47H,1-4H3. The van der Waals surface area contributed by atoms with Crippen molar-refractivity contribution in [3.8, 4) is 33.4 Å². The molecule has 4 nitrogen and oxygen atoms in total. The monoisotopic (exact) mass is 1030 g/mol. The number of benzene rings is 12. The maximum atomic E-state index is 7.15. The van der Waals surface area contributed by atoms with Crippen molar-refractivity contribution >= 4 is 118 Å². The predicted octanol–water partition coefficient (Wildman–Crippen LogP) is 20.7. The van der Waals surface area contributed by atoms with Gasteiger partial charge in [-0.05, 0) is 148 Å². The molecule has 0 aliphatic rings. The summed E-state index contributed by atoms with van der Waals surface area (Å²) >= 11 is 0. The molecule has 0 bridgehead atoms. The van der Waals surface area contributed by atoms with Crippen LogP contribution in [0.25, 0.3) is 104 Å². The third-order valence-electron chi connectivity index (χ3n) is 16.3. The number of aromatic nitrogens is 1. The SMILES string of the molecule is Cc1cccc(N(c2cccc(-c3ccccc3)c2)c2ccc3c(c2)oc2c3ccc3c2ccc2c3c3ccc(N(c4cccc(-c5ccccc5)c4)c4cccc([Si](C)(C)C)c4)c4c5cc(-c6ccccc6)ccc5n2c34)c1. The van der Waals surface area contributed by atoms with Gasteiger partial charge in [-0.25, -0.2) is 0 Å². The highest BCUT2D eigenvalue weighted by molar-refractivity contribution is 6.88. The molecule has 12 aromatic carbocycles. The van der Waals surface area contributed by atoms with Gasteiger partial charge in [0.05, 0.1) is 30.3 Å². The highest BCUT2D eigenvalue weighted by Gasteiger charge is 2.28. The summed E-state index contributed by atoms with van der Waals surface area (Å²) in [5.41, 5.74) is 20.3. The first-order valence-electron chi connectivity index (χ1n) is 27.4. The molecular formula is C74H55N3OSi. The molecule has 5 heteroatoms. The average Bonchev–Trinajstić information content (AvgIpc) is 3.14. The molecular weight excluding hydrogens is 975 g/mol. The van der Waals surface area contributed by atoms with Crippen LogP contribution in [0.2, 0.25) is 19.6 Å². The summed E-state index contributed by atoms with van der Waals surface area (Å²) < 4.78 is 9.68. The van der Waals surface area contributed by atoms with Crippen LogP contribution < -0.4 is 15.0 Å². The summed E-state index contributed by atoms with van der Waals surface area (Å²) in [5.74, 6) is 0. The van der Waals surface area contributed by atoms with Gasteiger partial charge < -0.3 is 18.6 Å². The average molecular weight is 1030 g/mol. The summed E-state index contributed by atoms with van der Waals surface area (Å²) in [5, 5.41) is 10.8. The van der Waals surface area contributed by atoms with E-state index in [2.05, 4.69) is 302 Å². The fourth-order valence-electron chi connectivity index (χ4n) is 12.5. The fraction of sp³-hybridized carbons (Fsp3) is 0.0541. The van der Waals surface area contributed by atoms with Crippen molar-refractivity contribution in [2.75, 3.05) is 9.80 Å². The number of nitrogens with zero attached hydrogens (tertiary/aromatic N) is 3. The summed E-state index contributed by atoms with van der Waals surface area (Å²) in [6, 6.07) is 95.9. The number of aryl methyl sites for hydroxylation is 1. The fourth-order valence-corrected chi connectivity index (χ4v) is 13.6. The molecule has 3 heterocycles. The van der Waals surface area contributed by atoms with Crippen LogP contribution >= 0.6 is 0 Å². The van der Waals surface area contributed by atoms with Gasteiger partial charge in [0.1, 0.15) is 11.2 Å². The normalized spacial score (nSPS) is 12.1. The van der Waals surface area contributed by atoms with E-state index in [4.69, 9.17) is 4.42 Å². The van der Waals surface area contributed by atoms with Gasteiger partial charge in [0.25, 0.3) is 0 Å². The largest absolute Gasteiger partial charge is 0.455 e. The van der Waals surface area contributed by atoms with Crippen LogP contribution in [0.5, 0.6) is 0 Å². The topological polar surface area (TPSA) is 24.0 Å². The van der Waals surface area contributed by atoms with Crippen molar-refractivity contribution in [2.45, 2.75) is 26.6 Å². The maximum Gasteiger partial charge on any atom is 0.143 e. The molecule has 0 saturated heterocycles. The number of hydrogen-bond donors (Lipinski definition) is 0. The van der Waals surface area contributed by atoms with Gasteiger partial charge in [-0.2, -0.15) is 0 Å². The lowest BCUT2D eigenvalue weighted by Crippen LogP contribution is -2.37. The molecule has 0 aliphatic carbocycles. The number of fused-ring (bicyclic) bond motifs is 12. The van der Waals surface area contributed by atoms with Gasteiger partial charge in [0.15, 0.2) is 0 Å². The van der Waals surface area contributed by atoms with E-state index in [1.54, 1.807) is 0 Å². The van der Waals surface area contributed by atoms with Gasteiger partial charge in [0.2, 0.25) is 0 Å². The van der Waals surface area contributed by atoms with Gasteiger partial charge in [-0.1, -0.05) is 183 Å². The molecule has 15 aromatic rings. The van der Waals surface area contributed by atoms with Gasteiger partial charge in [-0.15, -0.1) is 0 Å². The molecule has 3 aromatic heterocycles. The molecule has 0 fully saturated rings. The van der Waals surface area contributed by atoms with Crippen molar-refractivity contribution in [3.05, 3.63) is 266 Å². The highest BCUT2D eigenvalue weighted by atomic mass is 28.3. The third-order valence-corrected chi connectivity index (χ3v) is 18.3. The Labute approximate surface area is 460 Å². The van der Waals surface area contributed by atoms with Crippen molar-refractivity contribution in [2.24, 2.45) is 0 Å². The lowest BCUT2D eigenvalue weighted by molar-refractivity contribution is 0.673. The van der Waals surface area contributed by atoms with E-state index < -0.39 is 8.07 Å². The molecule has 376 valence electrons. The molecule has 0 spiro atoms. The second kappa shape index (κ2) is 18.2. The molecule has 0 unspecified atom stereocenters.